The Morgan fingerprint density at radius 3 is 2.22 bits per heavy atom. The first kappa shape index (κ1) is 14.7. The zero-order chi connectivity index (χ0) is 15.5. The van der Waals surface area contributed by atoms with Crippen LogP contribution in [0.1, 0.15) is 16.7 Å². The summed E-state index contributed by atoms with van der Waals surface area (Å²) in [6, 6.07) is 17.5. The van der Waals surface area contributed by atoms with Crippen molar-refractivity contribution >= 4 is 0 Å². The molecule has 0 amide bonds. The lowest BCUT2D eigenvalue weighted by atomic mass is 10.1. The number of rotatable bonds is 4. The molecule has 0 atom stereocenters. The van der Waals surface area contributed by atoms with Gasteiger partial charge in [0.25, 0.3) is 0 Å². The molecule has 2 aliphatic heterocycles. The summed E-state index contributed by atoms with van der Waals surface area (Å²) in [5.41, 5.74) is 4.22. The van der Waals surface area contributed by atoms with Crippen LogP contribution in [0.5, 0.6) is 5.75 Å². The Balaban J connectivity index is 1.30. The van der Waals surface area contributed by atoms with Crippen LogP contribution in [0, 0.1) is 0 Å². The second kappa shape index (κ2) is 6.73. The fourth-order valence-corrected chi connectivity index (χ4v) is 3.54. The molecule has 0 bridgehead atoms. The van der Waals surface area contributed by atoms with Crippen molar-refractivity contribution < 1.29 is 4.74 Å². The molecule has 3 heteroatoms. The molecule has 0 aromatic heterocycles. The smallest absolute Gasteiger partial charge is 0.122 e. The van der Waals surface area contributed by atoms with Gasteiger partial charge in [-0.05, 0) is 22.8 Å². The molecule has 0 saturated carbocycles. The lowest BCUT2D eigenvalue weighted by molar-refractivity contribution is 0.122. The molecule has 0 unspecified atom stereocenters. The molecular formula is C20H24N2O. The van der Waals surface area contributed by atoms with Gasteiger partial charge in [-0.25, -0.2) is 0 Å². The summed E-state index contributed by atoms with van der Waals surface area (Å²) in [6.07, 6.45) is 1.06. The molecule has 4 rings (SSSR count). The minimum atomic E-state index is 0.844. The van der Waals surface area contributed by atoms with Crippen LogP contribution in [0.2, 0.25) is 0 Å². The predicted octanol–water partition coefficient (Wildman–Crippen LogP) is 2.94. The molecule has 2 aliphatic rings. The highest BCUT2D eigenvalue weighted by Crippen LogP contribution is 2.26. The van der Waals surface area contributed by atoms with Crippen molar-refractivity contribution in [2.45, 2.75) is 19.5 Å². The molecule has 0 aliphatic carbocycles. The lowest BCUT2D eigenvalue weighted by Gasteiger charge is -2.34. The van der Waals surface area contributed by atoms with Crippen molar-refractivity contribution in [2.24, 2.45) is 0 Å². The number of piperazine rings is 1. The maximum absolute atomic E-state index is 5.59. The van der Waals surface area contributed by atoms with Gasteiger partial charge in [0, 0.05) is 45.7 Å². The van der Waals surface area contributed by atoms with E-state index >= 15 is 0 Å². The zero-order valence-corrected chi connectivity index (χ0v) is 13.6. The number of hydrogen-bond donors (Lipinski definition) is 0. The molecule has 0 spiro atoms. The summed E-state index contributed by atoms with van der Waals surface area (Å²) in [6.45, 7) is 7.60. The molecular weight excluding hydrogens is 284 g/mol. The van der Waals surface area contributed by atoms with Gasteiger partial charge in [0.15, 0.2) is 0 Å². The van der Waals surface area contributed by atoms with Gasteiger partial charge >= 0.3 is 0 Å². The molecule has 0 N–H and O–H groups in total. The third-order valence-electron chi connectivity index (χ3n) is 4.87. The number of ether oxygens (including phenoxy) is 1. The van der Waals surface area contributed by atoms with E-state index in [0.717, 1.165) is 58.0 Å². The summed E-state index contributed by atoms with van der Waals surface area (Å²) in [4.78, 5) is 5.13. The SMILES string of the molecule is c1ccc(CN2CCN(Cc3ccc4c(c3)CCO4)CC2)cc1. The summed E-state index contributed by atoms with van der Waals surface area (Å²) in [7, 11) is 0. The van der Waals surface area contributed by atoms with E-state index in [1.165, 1.54) is 16.7 Å². The van der Waals surface area contributed by atoms with Gasteiger partial charge < -0.3 is 4.74 Å². The fraction of sp³-hybridized carbons (Fsp3) is 0.400. The third kappa shape index (κ3) is 3.57. The summed E-state index contributed by atoms with van der Waals surface area (Å²) in [5, 5.41) is 0. The van der Waals surface area contributed by atoms with Crippen LogP contribution in [0.15, 0.2) is 48.5 Å². The standard InChI is InChI=1S/C20H24N2O/c1-2-4-17(5-3-1)15-21-9-11-22(12-10-21)16-18-6-7-20-19(14-18)8-13-23-20/h1-7,14H,8-13,15-16H2. The molecule has 23 heavy (non-hydrogen) atoms. The van der Waals surface area contributed by atoms with Crippen LogP contribution in [-0.4, -0.2) is 42.6 Å². The van der Waals surface area contributed by atoms with E-state index < -0.39 is 0 Å². The van der Waals surface area contributed by atoms with Gasteiger partial charge in [-0.1, -0.05) is 42.5 Å². The third-order valence-corrected chi connectivity index (χ3v) is 4.87. The summed E-state index contributed by atoms with van der Waals surface area (Å²) < 4.78 is 5.59. The first-order chi connectivity index (χ1) is 11.4. The first-order valence-corrected chi connectivity index (χ1v) is 8.60. The van der Waals surface area contributed by atoms with Crippen molar-refractivity contribution in [3.8, 4) is 5.75 Å². The molecule has 1 saturated heterocycles. The van der Waals surface area contributed by atoms with E-state index in [4.69, 9.17) is 4.74 Å². The minimum absolute atomic E-state index is 0.844. The highest BCUT2D eigenvalue weighted by Gasteiger charge is 2.18. The molecule has 3 nitrogen and oxygen atoms in total. The highest BCUT2D eigenvalue weighted by molar-refractivity contribution is 5.39. The Hall–Kier alpha value is -1.84. The van der Waals surface area contributed by atoms with Gasteiger partial charge in [0.1, 0.15) is 5.75 Å². The van der Waals surface area contributed by atoms with Crippen LogP contribution in [-0.2, 0) is 19.5 Å². The Labute approximate surface area is 138 Å². The van der Waals surface area contributed by atoms with Crippen molar-refractivity contribution in [1.82, 2.24) is 9.80 Å². The van der Waals surface area contributed by atoms with E-state index in [9.17, 15) is 0 Å². The first-order valence-electron chi connectivity index (χ1n) is 8.60. The molecule has 2 aromatic rings. The van der Waals surface area contributed by atoms with Crippen molar-refractivity contribution in [3.05, 3.63) is 65.2 Å². The van der Waals surface area contributed by atoms with Gasteiger partial charge in [-0.3, -0.25) is 9.80 Å². The fourth-order valence-electron chi connectivity index (χ4n) is 3.54. The normalized spacial score (nSPS) is 18.6. The van der Waals surface area contributed by atoms with E-state index in [1.54, 1.807) is 0 Å². The summed E-state index contributed by atoms with van der Waals surface area (Å²) in [5.74, 6) is 1.08. The number of fused-ring (bicyclic) bond motifs is 1. The molecule has 1 fully saturated rings. The maximum atomic E-state index is 5.59. The van der Waals surface area contributed by atoms with Gasteiger partial charge in [0.05, 0.1) is 6.61 Å². The van der Waals surface area contributed by atoms with E-state index in [1.807, 2.05) is 0 Å². The Bertz CT molecular complexity index is 648. The summed E-state index contributed by atoms with van der Waals surface area (Å²) >= 11 is 0. The average molecular weight is 308 g/mol. The Kier molecular flexibility index (Phi) is 4.31. The zero-order valence-electron chi connectivity index (χ0n) is 13.6. The largest absolute Gasteiger partial charge is 0.493 e. The highest BCUT2D eigenvalue weighted by atomic mass is 16.5. The monoisotopic (exact) mass is 308 g/mol. The lowest BCUT2D eigenvalue weighted by Crippen LogP contribution is -2.45. The number of benzene rings is 2. The van der Waals surface area contributed by atoms with E-state index in [-0.39, 0.29) is 0 Å². The van der Waals surface area contributed by atoms with E-state index in [0.29, 0.717) is 0 Å². The van der Waals surface area contributed by atoms with Crippen LogP contribution < -0.4 is 4.74 Å². The Morgan fingerprint density at radius 2 is 1.48 bits per heavy atom. The second-order valence-corrected chi connectivity index (χ2v) is 6.58. The van der Waals surface area contributed by atoms with Gasteiger partial charge in [0.2, 0.25) is 0 Å². The second-order valence-electron chi connectivity index (χ2n) is 6.58. The van der Waals surface area contributed by atoms with Crippen LogP contribution in [0.3, 0.4) is 0 Å². The van der Waals surface area contributed by atoms with Gasteiger partial charge in [-0.15, -0.1) is 0 Å². The van der Waals surface area contributed by atoms with Crippen molar-refractivity contribution in [3.63, 3.8) is 0 Å². The van der Waals surface area contributed by atoms with Crippen molar-refractivity contribution in [2.75, 3.05) is 32.8 Å². The predicted molar refractivity (Wildman–Crippen MR) is 92.6 cm³/mol. The number of nitrogens with zero attached hydrogens (tertiary/aromatic N) is 2. The molecule has 120 valence electrons. The van der Waals surface area contributed by atoms with Crippen LogP contribution >= 0.6 is 0 Å². The van der Waals surface area contributed by atoms with E-state index in [2.05, 4.69) is 58.3 Å². The maximum Gasteiger partial charge on any atom is 0.122 e. The number of hydrogen-bond acceptors (Lipinski definition) is 3. The Morgan fingerprint density at radius 1 is 0.783 bits per heavy atom. The van der Waals surface area contributed by atoms with Crippen molar-refractivity contribution in [1.29, 1.82) is 0 Å². The van der Waals surface area contributed by atoms with Gasteiger partial charge in [-0.2, -0.15) is 0 Å². The average Bonchev–Trinajstić information content (AvgIpc) is 3.05. The molecule has 2 aromatic carbocycles. The topological polar surface area (TPSA) is 15.7 Å². The minimum Gasteiger partial charge on any atom is -0.493 e. The van der Waals surface area contributed by atoms with Crippen LogP contribution in [0.25, 0.3) is 0 Å². The quantitative estimate of drug-likeness (QED) is 0.864. The molecule has 0 radical (unpaired) electrons. The molecule has 2 heterocycles. The van der Waals surface area contributed by atoms with Crippen LogP contribution in [0.4, 0.5) is 0 Å².